The van der Waals surface area contributed by atoms with Crippen molar-refractivity contribution < 1.29 is 4.74 Å². The molecule has 0 amide bonds. The molecule has 0 saturated carbocycles. The molecule has 104 valence electrons. The van der Waals surface area contributed by atoms with Crippen molar-refractivity contribution in [2.45, 2.75) is 12.6 Å². The van der Waals surface area contributed by atoms with E-state index >= 15 is 0 Å². The van der Waals surface area contributed by atoms with Gasteiger partial charge in [-0.3, -0.25) is 4.90 Å². The highest BCUT2D eigenvalue weighted by atomic mass is 16.5. The summed E-state index contributed by atoms with van der Waals surface area (Å²) in [6.07, 6.45) is 0. The molecule has 0 aliphatic carbocycles. The van der Waals surface area contributed by atoms with Crippen LogP contribution in [0.3, 0.4) is 0 Å². The molecule has 2 N–H and O–H groups in total. The van der Waals surface area contributed by atoms with Crippen LogP contribution in [0, 0.1) is 0 Å². The molecule has 3 rings (SSSR count). The van der Waals surface area contributed by atoms with E-state index in [1.165, 1.54) is 16.7 Å². The van der Waals surface area contributed by atoms with Gasteiger partial charge in [-0.1, -0.05) is 36.4 Å². The molecule has 0 aromatic heterocycles. The van der Waals surface area contributed by atoms with Crippen LogP contribution in [0.15, 0.2) is 48.5 Å². The zero-order valence-electron chi connectivity index (χ0n) is 11.8. The third kappa shape index (κ3) is 2.30. The minimum Gasteiger partial charge on any atom is -0.497 e. The van der Waals surface area contributed by atoms with E-state index in [9.17, 15) is 0 Å². The second-order valence-electron chi connectivity index (χ2n) is 5.13. The highest BCUT2D eigenvalue weighted by molar-refractivity contribution is 5.42. The van der Waals surface area contributed by atoms with Crippen LogP contribution in [-0.2, 0) is 6.54 Å². The number of nitrogens with two attached hydrogens (primary N) is 1. The van der Waals surface area contributed by atoms with Crippen molar-refractivity contribution in [1.82, 2.24) is 4.90 Å². The number of ether oxygens (including phenoxy) is 1. The molecule has 0 radical (unpaired) electrons. The molecule has 3 nitrogen and oxygen atoms in total. The first kappa shape index (κ1) is 13.2. The number of methoxy groups -OCH3 is 1. The summed E-state index contributed by atoms with van der Waals surface area (Å²) in [7, 11) is 1.70. The highest BCUT2D eigenvalue weighted by Crippen LogP contribution is 2.38. The summed E-state index contributed by atoms with van der Waals surface area (Å²) in [6.45, 7) is 2.57. The molecule has 1 heterocycles. The van der Waals surface area contributed by atoms with Gasteiger partial charge in [0.1, 0.15) is 5.75 Å². The quantitative estimate of drug-likeness (QED) is 0.926. The van der Waals surface area contributed by atoms with Crippen LogP contribution in [0.25, 0.3) is 0 Å². The van der Waals surface area contributed by atoms with Gasteiger partial charge in [-0.05, 0) is 28.8 Å². The van der Waals surface area contributed by atoms with Crippen LogP contribution in [0.5, 0.6) is 5.75 Å². The van der Waals surface area contributed by atoms with Gasteiger partial charge in [0.2, 0.25) is 0 Å². The Morgan fingerprint density at radius 1 is 1.15 bits per heavy atom. The molecule has 1 atom stereocenters. The average Bonchev–Trinajstić information content (AvgIpc) is 2.86. The lowest BCUT2D eigenvalue weighted by atomic mass is 9.98. The Balaban J connectivity index is 1.98. The summed E-state index contributed by atoms with van der Waals surface area (Å²) in [5, 5.41) is 0. The first-order valence-electron chi connectivity index (χ1n) is 6.99. The van der Waals surface area contributed by atoms with Crippen molar-refractivity contribution in [1.29, 1.82) is 0 Å². The average molecular weight is 268 g/mol. The molecule has 2 aromatic carbocycles. The lowest BCUT2D eigenvalue weighted by molar-refractivity contribution is 0.251. The SMILES string of the molecule is COc1ccc(C2c3ccccc3CN2CCN)cc1. The molecule has 0 spiro atoms. The van der Waals surface area contributed by atoms with Crippen LogP contribution < -0.4 is 10.5 Å². The Hall–Kier alpha value is -1.84. The van der Waals surface area contributed by atoms with Gasteiger partial charge in [0.05, 0.1) is 13.2 Å². The van der Waals surface area contributed by atoms with Crippen LogP contribution in [-0.4, -0.2) is 25.1 Å². The summed E-state index contributed by atoms with van der Waals surface area (Å²) in [6, 6.07) is 17.3. The van der Waals surface area contributed by atoms with Gasteiger partial charge in [0, 0.05) is 19.6 Å². The monoisotopic (exact) mass is 268 g/mol. The lowest BCUT2D eigenvalue weighted by Gasteiger charge is -2.25. The van der Waals surface area contributed by atoms with E-state index in [2.05, 4.69) is 41.3 Å². The minimum absolute atomic E-state index is 0.306. The Bertz CT molecular complexity index is 580. The molecular formula is C17H20N2O. The smallest absolute Gasteiger partial charge is 0.118 e. The summed E-state index contributed by atoms with van der Waals surface area (Å²) in [5.41, 5.74) is 9.86. The highest BCUT2D eigenvalue weighted by Gasteiger charge is 2.30. The first-order chi connectivity index (χ1) is 9.83. The van der Waals surface area contributed by atoms with Crippen molar-refractivity contribution in [3.63, 3.8) is 0 Å². The maximum atomic E-state index is 5.77. The second-order valence-corrected chi connectivity index (χ2v) is 5.13. The van der Waals surface area contributed by atoms with E-state index in [1.54, 1.807) is 7.11 Å². The van der Waals surface area contributed by atoms with Crippen molar-refractivity contribution in [2.24, 2.45) is 5.73 Å². The zero-order chi connectivity index (χ0) is 13.9. The number of nitrogens with zero attached hydrogens (tertiary/aromatic N) is 1. The predicted molar refractivity (Wildman–Crippen MR) is 80.7 cm³/mol. The fraction of sp³-hybridized carbons (Fsp3) is 0.294. The first-order valence-corrected chi connectivity index (χ1v) is 6.99. The van der Waals surface area contributed by atoms with Crippen LogP contribution in [0.2, 0.25) is 0 Å². The molecule has 3 heteroatoms. The van der Waals surface area contributed by atoms with E-state index in [1.807, 2.05) is 12.1 Å². The maximum Gasteiger partial charge on any atom is 0.118 e. The normalized spacial score (nSPS) is 18.0. The molecule has 0 bridgehead atoms. The van der Waals surface area contributed by atoms with Gasteiger partial charge in [-0.25, -0.2) is 0 Å². The van der Waals surface area contributed by atoms with Gasteiger partial charge in [-0.15, -0.1) is 0 Å². The second kappa shape index (κ2) is 5.65. The molecule has 1 aliphatic heterocycles. The fourth-order valence-corrected chi connectivity index (χ4v) is 3.00. The number of rotatable bonds is 4. The molecule has 0 saturated heterocycles. The van der Waals surface area contributed by atoms with E-state index in [4.69, 9.17) is 10.5 Å². The number of benzene rings is 2. The van der Waals surface area contributed by atoms with E-state index in [-0.39, 0.29) is 0 Å². The van der Waals surface area contributed by atoms with Gasteiger partial charge in [0.25, 0.3) is 0 Å². The van der Waals surface area contributed by atoms with Crippen LogP contribution in [0.4, 0.5) is 0 Å². The van der Waals surface area contributed by atoms with E-state index < -0.39 is 0 Å². The Morgan fingerprint density at radius 2 is 1.90 bits per heavy atom. The summed E-state index contributed by atoms with van der Waals surface area (Å²) < 4.78 is 5.24. The third-order valence-electron chi connectivity index (χ3n) is 3.94. The number of hydrogen-bond acceptors (Lipinski definition) is 3. The molecule has 0 fully saturated rings. The molecular weight excluding hydrogens is 248 g/mol. The predicted octanol–water partition coefficient (Wildman–Crippen LogP) is 2.56. The van der Waals surface area contributed by atoms with Crippen molar-refractivity contribution in [3.8, 4) is 5.75 Å². The number of fused-ring (bicyclic) bond motifs is 1. The van der Waals surface area contributed by atoms with Crippen molar-refractivity contribution in [2.75, 3.05) is 20.2 Å². The number of hydrogen-bond donors (Lipinski definition) is 1. The van der Waals surface area contributed by atoms with Crippen LogP contribution >= 0.6 is 0 Å². The Kier molecular flexibility index (Phi) is 3.72. The largest absolute Gasteiger partial charge is 0.497 e. The zero-order valence-corrected chi connectivity index (χ0v) is 11.8. The molecule has 1 aliphatic rings. The van der Waals surface area contributed by atoms with Gasteiger partial charge in [-0.2, -0.15) is 0 Å². The summed E-state index contributed by atoms with van der Waals surface area (Å²) in [5.74, 6) is 0.894. The van der Waals surface area contributed by atoms with E-state index in [0.29, 0.717) is 12.6 Å². The molecule has 2 aromatic rings. The minimum atomic E-state index is 0.306. The van der Waals surface area contributed by atoms with Crippen molar-refractivity contribution in [3.05, 3.63) is 65.2 Å². The van der Waals surface area contributed by atoms with E-state index in [0.717, 1.165) is 18.8 Å². The molecule has 1 unspecified atom stereocenters. The molecule has 20 heavy (non-hydrogen) atoms. The standard InChI is InChI=1S/C17H20N2O/c1-20-15-8-6-13(7-9-15)17-16-5-3-2-4-14(16)12-19(17)11-10-18/h2-9,17H,10-12,18H2,1H3. The third-order valence-corrected chi connectivity index (χ3v) is 3.94. The Labute approximate surface area is 120 Å². The van der Waals surface area contributed by atoms with Gasteiger partial charge >= 0.3 is 0 Å². The van der Waals surface area contributed by atoms with Gasteiger partial charge in [0.15, 0.2) is 0 Å². The van der Waals surface area contributed by atoms with Gasteiger partial charge < -0.3 is 10.5 Å². The van der Waals surface area contributed by atoms with Crippen molar-refractivity contribution >= 4 is 0 Å². The fourth-order valence-electron chi connectivity index (χ4n) is 3.00. The Morgan fingerprint density at radius 3 is 2.60 bits per heavy atom. The summed E-state index contributed by atoms with van der Waals surface area (Å²) >= 11 is 0. The summed E-state index contributed by atoms with van der Waals surface area (Å²) in [4.78, 5) is 2.44. The van der Waals surface area contributed by atoms with Crippen LogP contribution in [0.1, 0.15) is 22.7 Å². The topological polar surface area (TPSA) is 38.5 Å². The lowest BCUT2D eigenvalue weighted by Crippen LogP contribution is -2.28. The maximum absolute atomic E-state index is 5.77.